The number of carbonyl (C=O) groups is 1. The van der Waals surface area contributed by atoms with Gasteiger partial charge in [0.05, 0.1) is 49.8 Å². The van der Waals surface area contributed by atoms with E-state index in [4.69, 9.17) is 28.2 Å². The summed E-state index contributed by atoms with van der Waals surface area (Å²) < 4.78 is 133. The lowest BCUT2D eigenvalue weighted by Crippen LogP contribution is -2.38. The molecule has 1 fully saturated rings. The highest BCUT2D eigenvalue weighted by atomic mass is 35.5. The van der Waals surface area contributed by atoms with Crippen molar-refractivity contribution in [3.8, 4) is 16.8 Å². The quantitative estimate of drug-likeness (QED) is 0.124. The van der Waals surface area contributed by atoms with E-state index in [1.54, 1.807) is 0 Å². The van der Waals surface area contributed by atoms with Gasteiger partial charge < -0.3 is 5.32 Å². The summed E-state index contributed by atoms with van der Waals surface area (Å²) >= 11 is 12.5. The molecule has 0 bridgehead atoms. The molecule has 1 amide bonds. The van der Waals surface area contributed by atoms with Gasteiger partial charge in [-0.3, -0.25) is 28.2 Å². The molecule has 1 unspecified atom stereocenters. The summed E-state index contributed by atoms with van der Waals surface area (Å²) in [6, 6.07) is 12.0. The van der Waals surface area contributed by atoms with Crippen molar-refractivity contribution in [3.63, 3.8) is 0 Å². The Hall–Kier alpha value is -5.99. The summed E-state index contributed by atoms with van der Waals surface area (Å²) in [4.78, 5) is 33.9. The third-order valence-electron chi connectivity index (χ3n) is 11.1. The van der Waals surface area contributed by atoms with Crippen molar-refractivity contribution in [3.05, 3.63) is 133 Å². The van der Waals surface area contributed by atoms with E-state index in [0.717, 1.165) is 29.0 Å². The van der Waals surface area contributed by atoms with Crippen LogP contribution in [-0.2, 0) is 40.8 Å². The molecule has 9 rings (SSSR count). The molecule has 0 radical (unpaired) electrons. The monoisotopic (exact) mass is 932 g/mol. The number of aryl methyl sites for hydroxylation is 1. The second-order valence-corrected chi connectivity index (χ2v) is 18.0. The number of alkyl halides is 4. The molecule has 22 heteroatoms. The van der Waals surface area contributed by atoms with Gasteiger partial charge in [0.25, 0.3) is 17.9 Å². The zero-order valence-corrected chi connectivity index (χ0v) is 34.7. The SMILES string of the molecule is Cn1nc(NS(C)(=O)=O)c2c(Cl)ccc(-n3c([C@H](Cc4cc(F)cc(F)c4)NC(=O)Cn4nc(C(F)F)c5c4C(F)(F)C4C[C@H]54)nc4cc(-c5ccc(Cl)c(F)c5)ccc4c3=O)c21. The fourth-order valence-corrected chi connectivity index (χ4v) is 9.29. The molecule has 0 spiro atoms. The van der Waals surface area contributed by atoms with Crippen LogP contribution >= 0.6 is 23.2 Å². The zero-order valence-electron chi connectivity index (χ0n) is 32.4. The molecule has 7 aromatic rings. The molecule has 3 atom stereocenters. The molecular weight excluding hydrogens is 904 g/mol. The van der Waals surface area contributed by atoms with Gasteiger partial charge in [-0.1, -0.05) is 35.3 Å². The lowest BCUT2D eigenvalue weighted by atomic mass is 10.0. The number of amides is 1. The number of nitrogens with one attached hydrogen (secondary N) is 2. The molecule has 3 heterocycles. The number of fused-ring (bicyclic) bond motifs is 5. The molecule has 0 saturated heterocycles. The number of hydrogen-bond donors (Lipinski definition) is 2. The lowest BCUT2D eigenvalue weighted by Gasteiger charge is -2.24. The summed E-state index contributed by atoms with van der Waals surface area (Å²) in [5.41, 5.74) is -2.17. The lowest BCUT2D eigenvalue weighted by molar-refractivity contribution is -0.123. The van der Waals surface area contributed by atoms with E-state index < -0.39 is 93.5 Å². The average molecular weight is 934 g/mol. The van der Waals surface area contributed by atoms with Gasteiger partial charge in [0.15, 0.2) is 5.82 Å². The molecule has 2 aliphatic rings. The second kappa shape index (κ2) is 15.1. The summed E-state index contributed by atoms with van der Waals surface area (Å²) in [7, 11) is -2.51. The van der Waals surface area contributed by atoms with Gasteiger partial charge in [0, 0.05) is 31.0 Å². The van der Waals surface area contributed by atoms with Gasteiger partial charge in [-0.2, -0.15) is 19.0 Å². The van der Waals surface area contributed by atoms with Crippen molar-refractivity contribution in [1.82, 2.24) is 34.4 Å². The Labute approximate surface area is 361 Å². The summed E-state index contributed by atoms with van der Waals surface area (Å²) in [5.74, 6) is -10.0. The maximum absolute atomic E-state index is 15.5. The van der Waals surface area contributed by atoms with Crippen LogP contribution in [0.1, 0.15) is 53.1 Å². The molecule has 3 aromatic heterocycles. The number of rotatable bonds is 11. The van der Waals surface area contributed by atoms with Crippen LogP contribution in [0.5, 0.6) is 0 Å². The average Bonchev–Trinajstić information content (AvgIpc) is 3.73. The van der Waals surface area contributed by atoms with Crippen LogP contribution < -0.4 is 15.6 Å². The Bertz CT molecular complexity index is 3250. The summed E-state index contributed by atoms with van der Waals surface area (Å²) in [6.45, 7) is -1.02. The van der Waals surface area contributed by atoms with E-state index in [1.165, 1.54) is 54.2 Å². The number of hydrogen-bond acceptors (Lipinski definition) is 7. The van der Waals surface area contributed by atoms with Crippen molar-refractivity contribution in [2.45, 2.75) is 43.7 Å². The number of sulfonamides is 1. The molecule has 326 valence electrons. The molecular formula is C41H29Cl2F7N8O4S. The van der Waals surface area contributed by atoms with Crippen LogP contribution in [0.25, 0.3) is 38.6 Å². The largest absolute Gasteiger partial charge is 0.344 e. The Kier molecular flexibility index (Phi) is 10.1. The minimum atomic E-state index is -3.94. The molecule has 0 aliphatic heterocycles. The molecule has 4 aromatic carbocycles. The van der Waals surface area contributed by atoms with Gasteiger partial charge in [0.1, 0.15) is 41.2 Å². The number of aromatic nitrogens is 6. The topological polar surface area (TPSA) is 146 Å². The Morgan fingerprint density at radius 2 is 1.63 bits per heavy atom. The molecule has 2 aliphatic carbocycles. The highest BCUT2D eigenvalue weighted by Crippen LogP contribution is 2.68. The van der Waals surface area contributed by atoms with Crippen LogP contribution in [0.15, 0.2) is 71.5 Å². The molecule has 1 saturated carbocycles. The van der Waals surface area contributed by atoms with E-state index in [2.05, 4.69) is 20.2 Å². The van der Waals surface area contributed by atoms with Crippen LogP contribution in [0.2, 0.25) is 10.0 Å². The fraction of sp³-hybridized carbons (Fsp3) is 0.244. The number of anilines is 1. The van der Waals surface area contributed by atoms with Gasteiger partial charge in [0.2, 0.25) is 15.9 Å². The standard InChI is InChI=1S/C41H29Cl2F7N8O4S/c1-56-35-30(8-7-26(43)33(35)38(54-56)55-63(2,61)62)58-39(52-28-13-19(3-5-22(28)40(58)60)18-4-6-25(42)27(46)12-18)29(11-17-9-20(44)14-21(45)10-17)51-31(59)16-57-36-32(34(53-57)37(47)48)23-15-24(23)41(36,49)50/h3-10,12-14,23-24,29,37H,11,15-16H2,1-2H3,(H,51,59)(H,54,55)/t23-,24?,29-/m0/s1. The fourth-order valence-electron chi connectivity index (χ4n) is 8.44. The summed E-state index contributed by atoms with van der Waals surface area (Å²) in [5, 5.41) is 10.5. The van der Waals surface area contributed by atoms with Crippen molar-refractivity contribution in [2.75, 3.05) is 11.0 Å². The minimum absolute atomic E-state index is 0.000588. The van der Waals surface area contributed by atoms with Crippen molar-refractivity contribution >= 4 is 66.8 Å². The predicted octanol–water partition coefficient (Wildman–Crippen LogP) is 8.48. The Morgan fingerprint density at radius 3 is 2.32 bits per heavy atom. The number of halogens is 9. The minimum Gasteiger partial charge on any atom is -0.344 e. The zero-order chi connectivity index (χ0) is 45.0. The van der Waals surface area contributed by atoms with Crippen LogP contribution in [0, 0.1) is 23.4 Å². The van der Waals surface area contributed by atoms with E-state index in [1.807, 2.05) is 0 Å². The van der Waals surface area contributed by atoms with Crippen molar-refractivity contribution in [2.24, 2.45) is 13.0 Å². The highest BCUT2D eigenvalue weighted by molar-refractivity contribution is 7.92. The first-order valence-electron chi connectivity index (χ1n) is 18.9. The maximum atomic E-state index is 15.5. The van der Waals surface area contributed by atoms with Crippen molar-refractivity contribution in [1.29, 1.82) is 0 Å². The number of nitrogens with zero attached hydrogens (tertiary/aromatic N) is 6. The van der Waals surface area contributed by atoms with Gasteiger partial charge >= 0.3 is 0 Å². The van der Waals surface area contributed by atoms with Crippen molar-refractivity contribution < 1.29 is 43.9 Å². The second-order valence-electron chi connectivity index (χ2n) is 15.4. The van der Waals surface area contributed by atoms with Crippen LogP contribution in [-0.4, -0.2) is 49.7 Å². The number of benzene rings is 4. The Morgan fingerprint density at radius 1 is 0.952 bits per heavy atom. The Balaban J connectivity index is 1.26. The highest BCUT2D eigenvalue weighted by Gasteiger charge is 2.67. The molecule has 2 N–H and O–H groups in total. The normalized spacial score (nSPS) is 17.0. The predicted molar refractivity (Wildman–Crippen MR) is 218 cm³/mol. The first kappa shape index (κ1) is 42.3. The van der Waals surface area contributed by atoms with E-state index in [-0.39, 0.29) is 66.7 Å². The van der Waals surface area contributed by atoms with Gasteiger partial charge in [-0.25, -0.2) is 35.4 Å². The van der Waals surface area contributed by atoms with Crippen LogP contribution in [0.3, 0.4) is 0 Å². The maximum Gasteiger partial charge on any atom is 0.293 e. The van der Waals surface area contributed by atoms with E-state index in [0.29, 0.717) is 21.9 Å². The third-order valence-corrected chi connectivity index (χ3v) is 12.2. The number of carbonyl (C=O) groups excluding carboxylic acids is 1. The van der Waals surface area contributed by atoms with Gasteiger partial charge in [-0.15, -0.1) is 0 Å². The first-order valence-corrected chi connectivity index (χ1v) is 21.5. The van der Waals surface area contributed by atoms with Gasteiger partial charge in [-0.05, 0) is 77.6 Å². The van der Waals surface area contributed by atoms with Crippen LogP contribution in [0.4, 0.5) is 36.6 Å². The summed E-state index contributed by atoms with van der Waals surface area (Å²) in [6.07, 6.45) is -2.88. The molecule has 12 nitrogen and oxygen atoms in total. The van der Waals surface area contributed by atoms with E-state index in [9.17, 15) is 40.0 Å². The first-order chi connectivity index (χ1) is 29.7. The molecule has 63 heavy (non-hydrogen) atoms. The third kappa shape index (κ3) is 7.46. The smallest absolute Gasteiger partial charge is 0.293 e. The van der Waals surface area contributed by atoms with E-state index >= 15 is 8.78 Å².